The summed E-state index contributed by atoms with van der Waals surface area (Å²) < 4.78 is 0. The molecule has 1 rings (SSSR count). The molecular formula is C12H22N6O. The van der Waals surface area contributed by atoms with Gasteiger partial charge in [0.1, 0.15) is 17.5 Å². The van der Waals surface area contributed by atoms with Gasteiger partial charge in [-0.3, -0.25) is 4.79 Å². The van der Waals surface area contributed by atoms with E-state index in [1.165, 1.54) is 0 Å². The molecule has 7 heteroatoms. The first-order valence-corrected chi connectivity index (χ1v) is 6.09. The second-order valence-corrected chi connectivity index (χ2v) is 5.05. The lowest BCUT2D eigenvalue weighted by Crippen LogP contribution is -2.39. The molecule has 0 bridgehead atoms. The number of nitrogens with two attached hydrogens (primary N) is 1. The predicted octanol–water partition coefficient (Wildman–Crippen LogP) is 0.563. The zero-order valence-electron chi connectivity index (χ0n) is 12.1. The highest BCUT2D eigenvalue weighted by Crippen LogP contribution is 2.21. The van der Waals surface area contributed by atoms with Gasteiger partial charge in [-0.2, -0.15) is 0 Å². The molecule has 0 aromatic carbocycles. The number of hydrogen-bond donors (Lipinski definition) is 4. The summed E-state index contributed by atoms with van der Waals surface area (Å²) in [7, 11) is 1.63. The van der Waals surface area contributed by atoms with Crippen LogP contribution in [0.25, 0.3) is 0 Å². The number of rotatable bonds is 5. The summed E-state index contributed by atoms with van der Waals surface area (Å²) in [5.41, 5.74) is 2.83. The summed E-state index contributed by atoms with van der Waals surface area (Å²) in [6.45, 7) is 7.85. The third-order valence-electron chi connectivity index (χ3n) is 2.93. The topological polar surface area (TPSA) is 105 Å². The van der Waals surface area contributed by atoms with E-state index in [2.05, 4.69) is 26.0 Å². The summed E-state index contributed by atoms with van der Waals surface area (Å²) >= 11 is 0. The Morgan fingerprint density at radius 2 is 1.84 bits per heavy atom. The van der Waals surface area contributed by atoms with Gasteiger partial charge in [-0.05, 0) is 27.7 Å². The number of hydrogen-bond acceptors (Lipinski definition) is 6. The van der Waals surface area contributed by atoms with E-state index in [0.29, 0.717) is 24.0 Å². The molecule has 0 aliphatic rings. The fraction of sp³-hybridized carbons (Fsp3) is 0.583. The Bertz CT molecular complexity index is 472. The molecule has 5 N–H and O–H groups in total. The van der Waals surface area contributed by atoms with E-state index < -0.39 is 5.41 Å². The van der Waals surface area contributed by atoms with Gasteiger partial charge >= 0.3 is 0 Å². The molecular weight excluding hydrogens is 244 g/mol. The zero-order chi connectivity index (χ0) is 14.6. The molecule has 0 fully saturated rings. The predicted molar refractivity (Wildman–Crippen MR) is 75.7 cm³/mol. The highest BCUT2D eigenvalue weighted by Gasteiger charge is 2.26. The Morgan fingerprint density at radius 1 is 1.26 bits per heavy atom. The fourth-order valence-electron chi connectivity index (χ4n) is 1.66. The molecule has 1 aromatic heterocycles. The molecule has 0 saturated carbocycles. The van der Waals surface area contributed by atoms with Crippen molar-refractivity contribution in [2.75, 3.05) is 24.3 Å². The number of nitrogens with one attached hydrogen (secondary N) is 3. The first kappa shape index (κ1) is 15.2. The van der Waals surface area contributed by atoms with Crippen LogP contribution in [0.4, 0.5) is 11.6 Å². The summed E-state index contributed by atoms with van der Waals surface area (Å²) in [6, 6.07) is 0. The Labute approximate surface area is 113 Å². The van der Waals surface area contributed by atoms with Crippen molar-refractivity contribution in [1.29, 1.82) is 0 Å². The highest BCUT2D eigenvalue weighted by molar-refractivity contribution is 5.82. The first-order valence-electron chi connectivity index (χ1n) is 6.09. The minimum atomic E-state index is -0.531. The minimum Gasteiger partial charge on any atom is -0.369 e. The number of hydrazine groups is 1. The maximum absolute atomic E-state index is 11.7. The van der Waals surface area contributed by atoms with Gasteiger partial charge in [0.25, 0.3) is 0 Å². The molecule has 0 aliphatic heterocycles. The van der Waals surface area contributed by atoms with Gasteiger partial charge < -0.3 is 16.1 Å². The average molecular weight is 266 g/mol. The lowest BCUT2D eigenvalue weighted by molar-refractivity contribution is -0.128. The van der Waals surface area contributed by atoms with Crippen LogP contribution in [-0.4, -0.2) is 29.5 Å². The minimum absolute atomic E-state index is 0.0272. The van der Waals surface area contributed by atoms with E-state index in [-0.39, 0.29) is 5.91 Å². The van der Waals surface area contributed by atoms with Crippen LogP contribution < -0.4 is 21.9 Å². The van der Waals surface area contributed by atoms with Crippen LogP contribution in [-0.2, 0) is 4.79 Å². The summed E-state index contributed by atoms with van der Waals surface area (Å²) in [4.78, 5) is 20.2. The Kier molecular flexibility index (Phi) is 4.66. The number of nitrogen functional groups attached to an aromatic ring is 1. The SMILES string of the molecule is CNC(=O)C(C)(C)CNc1nc(C)nc(NN)c1C. The second-order valence-electron chi connectivity index (χ2n) is 5.05. The Morgan fingerprint density at radius 3 is 2.37 bits per heavy atom. The van der Waals surface area contributed by atoms with Crippen molar-refractivity contribution < 1.29 is 4.79 Å². The molecule has 106 valence electrons. The quantitative estimate of drug-likeness (QED) is 0.458. The number of anilines is 2. The Hall–Kier alpha value is -1.89. The monoisotopic (exact) mass is 266 g/mol. The van der Waals surface area contributed by atoms with Crippen molar-refractivity contribution in [1.82, 2.24) is 15.3 Å². The molecule has 0 atom stereocenters. The molecule has 0 spiro atoms. The fourth-order valence-corrected chi connectivity index (χ4v) is 1.66. The van der Waals surface area contributed by atoms with Crippen molar-refractivity contribution in [3.63, 3.8) is 0 Å². The van der Waals surface area contributed by atoms with E-state index >= 15 is 0 Å². The van der Waals surface area contributed by atoms with E-state index in [9.17, 15) is 4.79 Å². The molecule has 7 nitrogen and oxygen atoms in total. The summed E-state index contributed by atoms with van der Waals surface area (Å²) in [5, 5.41) is 5.82. The van der Waals surface area contributed by atoms with Gasteiger partial charge in [0.2, 0.25) is 5.91 Å². The van der Waals surface area contributed by atoms with Crippen LogP contribution in [0.3, 0.4) is 0 Å². The normalized spacial score (nSPS) is 11.1. The number of carbonyl (C=O) groups excluding carboxylic acids is 1. The maximum atomic E-state index is 11.7. The average Bonchev–Trinajstić information content (AvgIpc) is 2.38. The third-order valence-corrected chi connectivity index (χ3v) is 2.93. The number of carbonyl (C=O) groups is 1. The molecule has 1 amide bonds. The number of amides is 1. The summed E-state index contributed by atoms with van der Waals surface area (Å²) in [5.74, 6) is 7.25. The van der Waals surface area contributed by atoms with Crippen molar-refractivity contribution in [2.45, 2.75) is 27.7 Å². The molecule has 0 aliphatic carbocycles. The van der Waals surface area contributed by atoms with Crippen LogP contribution in [0, 0.1) is 19.3 Å². The van der Waals surface area contributed by atoms with E-state index in [1.54, 1.807) is 14.0 Å². The summed E-state index contributed by atoms with van der Waals surface area (Å²) in [6.07, 6.45) is 0. The van der Waals surface area contributed by atoms with Crippen molar-refractivity contribution in [3.05, 3.63) is 11.4 Å². The van der Waals surface area contributed by atoms with Gasteiger partial charge in [-0.15, -0.1) is 0 Å². The molecule has 0 unspecified atom stereocenters. The van der Waals surface area contributed by atoms with Crippen LogP contribution in [0.5, 0.6) is 0 Å². The molecule has 0 radical (unpaired) electrons. The van der Waals surface area contributed by atoms with Gasteiger partial charge in [-0.25, -0.2) is 15.8 Å². The van der Waals surface area contributed by atoms with Crippen LogP contribution in [0.2, 0.25) is 0 Å². The van der Waals surface area contributed by atoms with E-state index in [1.807, 2.05) is 20.8 Å². The number of aromatic nitrogens is 2. The van der Waals surface area contributed by atoms with Gasteiger partial charge in [0.15, 0.2) is 0 Å². The van der Waals surface area contributed by atoms with Crippen molar-refractivity contribution in [3.8, 4) is 0 Å². The lowest BCUT2D eigenvalue weighted by atomic mass is 9.92. The molecule has 19 heavy (non-hydrogen) atoms. The van der Waals surface area contributed by atoms with Crippen LogP contribution in [0.15, 0.2) is 0 Å². The van der Waals surface area contributed by atoms with Crippen LogP contribution >= 0.6 is 0 Å². The van der Waals surface area contributed by atoms with Crippen molar-refractivity contribution >= 4 is 17.5 Å². The third kappa shape index (κ3) is 3.54. The second kappa shape index (κ2) is 5.83. The largest absolute Gasteiger partial charge is 0.369 e. The lowest BCUT2D eigenvalue weighted by Gasteiger charge is -2.24. The smallest absolute Gasteiger partial charge is 0.227 e. The Balaban J connectivity index is 2.89. The number of aryl methyl sites for hydroxylation is 1. The van der Waals surface area contributed by atoms with E-state index in [0.717, 1.165) is 5.56 Å². The van der Waals surface area contributed by atoms with Crippen molar-refractivity contribution in [2.24, 2.45) is 11.3 Å². The molecule has 0 saturated heterocycles. The number of nitrogens with zero attached hydrogens (tertiary/aromatic N) is 2. The van der Waals surface area contributed by atoms with E-state index in [4.69, 9.17) is 5.84 Å². The molecule has 1 heterocycles. The van der Waals surface area contributed by atoms with Crippen LogP contribution in [0.1, 0.15) is 25.2 Å². The zero-order valence-corrected chi connectivity index (χ0v) is 12.1. The van der Waals surface area contributed by atoms with Gasteiger partial charge in [0, 0.05) is 19.2 Å². The first-order chi connectivity index (χ1) is 8.81. The maximum Gasteiger partial charge on any atom is 0.227 e. The van der Waals surface area contributed by atoms with Gasteiger partial charge in [-0.1, -0.05) is 0 Å². The van der Waals surface area contributed by atoms with Gasteiger partial charge in [0.05, 0.1) is 5.41 Å². The molecule has 1 aromatic rings. The highest BCUT2D eigenvalue weighted by atomic mass is 16.2. The standard InChI is InChI=1S/C12H22N6O/c1-7-9(16-8(2)17-10(7)18-13)15-6-12(3,4)11(19)14-5/h6,13H2,1-5H3,(H,14,19)(H2,15,16,17,18).